The molecule has 0 aliphatic heterocycles. The number of hydrogen-bond donors (Lipinski definition) is 4. The lowest BCUT2D eigenvalue weighted by Crippen LogP contribution is -2.45. The van der Waals surface area contributed by atoms with Crippen molar-refractivity contribution in [2.75, 3.05) is 7.05 Å². The van der Waals surface area contributed by atoms with Crippen LogP contribution in [0.4, 0.5) is 0 Å². The molecule has 0 saturated carbocycles. The van der Waals surface area contributed by atoms with Gasteiger partial charge in [-0.15, -0.1) is 0 Å². The average molecular weight is 147 g/mol. The number of aliphatic carboxylic acids is 1. The lowest BCUT2D eigenvalue weighted by Gasteiger charge is -2.19. The van der Waals surface area contributed by atoms with Gasteiger partial charge in [0.1, 0.15) is 0 Å². The number of carbonyl (C=O) groups is 1. The van der Waals surface area contributed by atoms with E-state index in [1.54, 1.807) is 0 Å². The second kappa shape index (κ2) is 3.02. The van der Waals surface area contributed by atoms with Crippen molar-refractivity contribution in [3.05, 3.63) is 0 Å². The minimum absolute atomic E-state index is 0.491. The van der Waals surface area contributed by atoms with Gasteiger partial charge in [0.2, 0.25) is 6.23 Å². The van der Waals surface area contributed by atoms with E-state index in [4.69, 9.17) is 21.4 Å². The van der Waals surface area contributed by atoms with Gasteiger partial charge in [-0.25, -0.2) is 4.79 Å². The number of nitrogens with zero attached hydrogens (tertiary/aromatic N) is 1. The smallest absolute Gasteiger partial charge is 0.354 e. The van der Waals surface area contributed by atoms with Crippen LogP contribution in [-0.2, 0) is 4.79 Å². The van der Waals surface area contributed by atoms with Crippen LogP contribution in [0.5, 0.6) is 0 Å². The van der Waals surface area contributed by atoms with Crippen molar-refractivity contribution in [2.24, 2.45) is 5.73 Å². The average Bonchev–Trinajstić information content (AvgIpc) is 1.84. The number of guanidine groups is 1. The van der Waals surface area contributed by atoms with Gasteiger partial charge < -0.3 is 20.8 Å². The van der Waals surface area contributed by atoms with Gasteiger partial charge in [-0.1, -0.05) is 0 Å². The molecule has 6 nitrogen and oxygen atoms in total. The highest BCUT2D eigenvalue weighted by atomic mass is 16.4. The molecule has 0 spiro atoms. The van der Waals surface area contributed by atoms with Crippen LogP contribution < -0.4 is 5.73 Å². The molecule has 1 unspecified atom stereocenters. The van der Waals surface area contributed by atoms with E-state index in [1.165, 1.54) is 7.05 Å². The number of nitrogens with one attached hydrogen (secondary N) is 1. The van der Waals surface area contributed by atoms with Gasteiger partial charge >= 0.3 is 5.97 Å². The lowest BCUT2D eigenvalue weighted by molar-refractivity contribution is -0.152. The van der Waals surface area contributed by atoms with Crippen LogP contribution >= 0.6 is 0 Å². The van der Waals surface area contributed by atoms with Crippen molar-refractivity contribution in [2.45, 2.75) is 6.23 Å². The summed E-state index contributed by atoms with van der Waals surface area (Å²) < 4.78 is 0. The van der Waals surface area contributed by atoms with E-state index in [1.807, 2.05) is 0 Å². The summed E-state index contributed by atoms with van der Waals surface area (Å²) in [6.45, 7) is 0. The van der Waals surface area contributed by atoms with Crippen molar-refractivity contribution in [1.82, 2.24) is 4.90 Å². The van der Waals surface area contributed by atoms with E-state index < -0.39 is 18.2 Å². The van der Waals surface area contributed by atoms with Gasteiger partial charge in [0.05, 0.1) is 0 Å². The molecule has 0 amide bonds. The minimum atomic E-state index is -1.74. The van der Waals surface area contributed by atoms with Gasteiger partial charge in [-0.05, 0) is 0 Å². The zero-order valence-corrected chi connectivity index (χ0v) is 5.40. The Bertz CT molecular complexity index is 140. The first-order valence-electron chi connectivity index (χ1n) is 2.44. The third-order valence-electron chi connectivity index (χ3n) is 0.968. The van der Waals surface area contributed by atoms with E-state index in [-0.39, 0.29) is 0 Å². The fraction of sp³-hybridized carbons (Fsp3) is 0.500. The molecule has 0 radical (unpaired) electrons. The number of rotatable bonds is 2. The summed E-state index contributed by atoms with van der Waals surface area (Å²) in [6.07, 6.45) is -1.74. The molecular formula is C4H9N3O3. The molecule has 0 aromatic carbocycles. The number of aliphatic hydroxyl groups is 1. The monoisotopic (exact) mass is 147 g/mol. The maximum Gasteiger partial charge on any atom is 0.354 e. The van der Waals surface area contributed by atoms with Crippen LogP contribution in [0.3, 0.4) is 0 Å². The van der Waals surface area contributed by atoms with Crippen molar-refractivity contribution >= 4 is 11.9 Å². The molecule has 58 valence electrons. The molecule has 0 aliphatic carbocycles. The molecule has 0 aromatic heterocycles. The van der Waals surface area contributed by atoms with Gasteiger partial charge in [0.15, 0.2) is 5.96 Å². The number of hydrogen-bond acceptors (Lipinski definition) is 3. The van der Waals surface area contributed by atoms with Gasteiger partial charge in [-0.3, -0.25) is 5.41 Å². The fourth-order valence-electron chi connectivity index (χ4n) is 0.297. The zero-order valence-electron chi connectivity index (χ0n) is 5.40. The van der Waals surface area contributed by atoms with Crippen LogP contribution in [0.25, 0.3) is 0 Å². The van der Waals surface area contributed by atoms with E-state index in [2.05, 4.69) is 0 Å². The molecule has 0 bridgehead atoms. The number of aliphatic hydroxyl groups excluding tert-OH is 1. The quantitative estimate of drug-likeness (QED) is 0.209. The first-order chi connectivity index (χ1) is 4.46. The minimum Gasteiger partial charge on any atom is -0.478 e. The van der Waals surface area contributed by atoms with Crippen LogP contribution in [0.2, 0.25) is 0 Å². The zero-order chi connectivity index (χ0) is 8.31. The van der Waals surface area contributed by atoms with E-state index >= 15 is 0 Å². The summed E-state index contributed by atoms with van der Waals surface area (Å²) in [5, 5.41) is 23.5. The van der Waals surface area contributed by atoms with Crippen molar-refractivity contribution < 1.29 is 15.0 Å². The molecule has 6 heteroatoms. The van der Waals surface area contributed by atoms with Gasteiger partial charge in [-0.2, -0.15) is 0 Å². The standard InChI is InChI=1S/C4H9N3O3/c1-7(4(5)6)2(8)3(9)10/h2,8H,1H3,(H3,5,6)(H,9,10). The van der Waals surface area contributed by atoms with Crippen molar-refractivity contribution in [3.8, 4) is 0 Å². The molecule has 0 aromatic rings. The number of carboxylic acid groups (broad SMARTS) is 1. The molecular weight excluding hydrogens is 138 g/mol. The highest BCUT2D eigenvalue weighted by Crippen LogP contribution is 1.89. The third kappa shape index (κ3) is 1.90. The summed E-state index contributed by atoms with van der Waals surface area (Å²) in [6, 6.07) is 0. The van der Waals surface area contributed by atoms with Gasteiger partial charge in [0.25, 0.3) is 0 Å². The maximum absolute atomic E-state index is 10.0. The molecule has 10 heavy (non-hydrogen) atoms. The van der Waals surface area contributed by atoms with Crippen LogP contribution in [0.1, 0.15) is 0 Å². The largest absolute Gasteiger partial charge is 0.478 e. The number of nitrogens with two attached hydrogens (primary N) is 1. The van der Waals surface area contributed by atoms with Crippen molar-refractivity contribution in [3.63, 3.8) is 0 Å². The molecule has 0 heterocycles. The Morgan fingerprint density at radius 2 is 2.20 bits per heavy atom. The molecule has 1 atom stereocenters. The Labute approximate surface area is 57.4 Å². The highest BCUT2D eigenvalue weighted by Gasteiger charge is 2.19. The molecule has 0 aliphatic rings. The van der Waals surface area contributed by atoms with Crippen LogP contribution in [0.15, 0.2) is 0 Å². The van der Waals surface area contributed by atoms with Crippen LogP contribution in [0, 0.1) is 5.41 Å². The Balaban J connectivity index is 4.07. The maximum atomic E-state index is 10.0. The molecule has 5 N–H and O–H groups in total. The lowest BCUT2D eigenvalue weighted by atomic mass is 10.5. The SMILES string of the molecule is CN(C(=N)N)C(O)C(=O)O. The summed E-state index contributed by atoms with van der Waals surface area (Å²) >= 11 is 0. The summed E-state index contributed by atoms with van der Waals surface area (Å²) in [4.78, 5) is 10.7. The Morgan fingerprint density at radius 3 is 2.30 bits per heavy atom. The first-order valence-corrected chi connectivity index (χ1v) is 2.44. The molecule has 0 fully saturated rings. The Hall–Kier alpha value is -1.30. The number of carboxylic acids is 1. The molecule has 0 saturated heterocycles. The normalized spacial score (nSPS) is 12.2. The molecule has 0 rings (SSSR count). The second-order valence-corrected chi connectivity index (χ2v) is 1.71. The Morgan fingerprint density at radius 1 is 1.80 bits per heavy atom. The fourth-order valence-corrected chi connectivity index (χ4v) is 0.297. The second-order valence-electron chi connectivity index (χ2n) is 1.71. The summed E-state index contributed by atoms with van der Waals surface area (Å²) in [5.41, 5.74) is 4.86. The topological polar surface area (TPSA) is 111 Å². The Kier molecular flexibility index (Phi) is 2.63. The predicted molar refractivity (Wildman–Crippen MR) is 33.3 cm³/mol. The van der Waals surface area contributed by atoms with Gasteiger partial charge in [0, 0.05) is 7.05 Å². The first kappa shape index (κ1) is 8.70. The number of likely N-dealkylation sites (N-methyl/N-ethyl adjacent to an activating group) is 1. The van der Waals surface area contributed by atoms with E-state index in [0.29, 0.717) is 0 Å². The third-order valence-corrected chi connectivity index (χ3v) is 0.968. The summed E-state index contributed by atoms with van der Waals surface area (Å²) in [7, 11) is 1.21. The summed E-state index contributed by atoms with van der Waals surface area (Å²) in [5.74, 6) is -1.92. The van der Waals surface area contributed by atoms with E-state index in [9.17, 15) is 4.79 Å². The van der Waals surface area contributed by atoms with Crippen LogP contribution in [-0.4, -0.2) is 40.3 Å². The predicted octanol–water partition coefficient (Wildman–Crippen LogP) is -1.79. The highest BCUT2D eigenvalue weighted by molar-refractivity contribution is 5.81. The van der Waals surface area contributed by atoms with Crippen molar-refractivity contribution in [1.29, 1.82) is 5.41 Å². The van der Waals surface area contributed by atoms with E-state index in [0.717, 1.165) is 4.90 Å².